The number of carbonyl (C=O) groups is 1. The minimum absolute atomic E-state index is 0.155. The highest BCUT2D eigenvalue weighted by Gasteiger charge is 2.21. The summed E-state index contributed by atoms with van der Waals surface area (Å²) in [6.45, 7) is 5.00. The van der Waals surface area contributed by atoms with Crippen LogP contribution in [-0.2, 0) is 14.3 Å². The highest BCUT2D eigenvalue weighted by molar-refractivity contribution is 6.02. The Morgan fingerprint density at radius 3 is 2.69 bits per heavy atom. The van der Waals surface area contributed by atoms with Crippen molar-refractivity contribution >= 4 is 23.0 Å². The zero-order valence-corrected chi connectivity index (χ0v) is 20.3. The van der Waals surface area contributed by atoms with Crippen LogP contribution in [0.2, 0.25) is 0 Å². The number of carbonyl (C=O) groups excluding carboxylic acids is 1. The molecule has 10 nitrogen and oxygen atoms in total. The number of nitrogens with zero attached hydrogens (tertiary/aromatic N) is 3. The quantitative estimate of drug-likeness (QED) is 0.0914. The molecule has 36 heavy (non-hydrogen) atoms. The first-order chi connectivity index (χ1) is 17.7. The van der Waals surface area contributed by atoms with Crippen molar-refractivity contribution in [3.63, 3.8) is 0 Å². The van der Waals surface area contributed by atoms with Crippen LogP contribution >= 0.6 is 0 Å². The second-order valence-corrected chi connectivity index (χ2v) is 8.62. The number of likely N-dealkylation sites (tertiary alicyclic amines) is 1. The van der Waals surface area contributed by atoms with Crippen molar-refractivity contribution in [2.45, 2.75) is 25.4 Å². The lowest BCUT2D eigenvalue weighted by Crippen LogP contribution is -2.39. The van der Waals surface area contributed by atoms with E-state index in [-0.39, 0.29) is 11.9 Å². The Kier molecular flexibility index (Phi) is 9.26. The van der Waals surface area contributed by atoms with Crippen LogP contribution in [0.15, 0.2) is 52.1 Å². The summed E-state index contributed by atoms with van der Waals surface area (Å²) in [5.74, 6) is 7.02. The average Bonchev–Trinajstić information content (AvgIpc) is 3.34. The van der Waals surface area contributed by atoms with E-state index in [1.165, 1.54) is 0 Å². The highest BCUT2D eigenvalue weighted by atomic mass is 16.5. The van der Waals surface area contributed by atoms with Crippen molar-refractivity contribution in [2.75, 3.05) is 46.1 Å². The van der Waals surface area contributed by atoms with Gasteiger partial charge in [-0.1, -0.05) is 17.3 Å². The maximum Gasteiger partial charge on any atom is 0.174 e. The van der Waals surface area contributed by atoms with E-state index in [0.29, 0.717) is 44.2 Å². The molecule has 4 rings (SSSR count). The molecule has 2 heterocycles. The maximum atomic E-state index is 10.2. The molecule has 1 aliphatic rings. The summed E-state index contributed by atoms with van der Waals surface area (Å²) < 4.78 is 22.9. The lowest BCUT2D eigenvalue weighted by atomic mass is 10.1. The molecule has 2 aromatic carbocycles. The normalized spacial score (nSPS) is 15.4. The van der Waals surface area contributed by atoms with E-state index >= 15 is 0 Å². The van der Waals surface area contributed by atoms with Gasteiger partial charge in [0.25, 0.3) is 0 Å². The van der Waals surface area contributed by atoms with Gasteiger partial charge in [-0.05, 0) is 43.2 Å². The summed E-state index contributed by atoms with van der Waals surface area (Å²) in [7, 11) is 0. The number of rotatable bonds is 13. The number of aromatic nitrogens is 1. The Morgan fingerprint density at radius 2 is 1.92 bits per heavy atom. The molecule has 4 N–H and O–H groups in total. The minimum Gasteiger partial charge on any atom is -0.490 e. The fourth-order valence-electron chi connectivity index (χ4n) is 4.18. The molecule has 192 valence electrons. The summed E-state index contributed by atoms with van der Waals surface area (Å²) in [5.41, 5.74) is 8.18. The summed E-state index contributed by atoms with van der Waals surface area (Å²) >= 11 is 0. The molecule has 0 amide bonds. The van der Waals surface area contributed by atoms with Crippen LogP contribution in [0.3, 0.4) is 0 Å². The number of ether oxygens (including phenoxy) is 3. The molecule has 1 saturated heterocycles. The van der Waals surface area contributed by atoms with Crippen LogP contribution in [0.4, 0.5) is 0 Å². The zero-order chi connectivity index (χ0) is 25.2. The second kappa shape index (κ2) is 13.0. The first-order valence-electron chi connectivity index (χ1n) is 12.2. The fourth-order valence-corrected chi connectivity index (χ4v) is 4.18. The van der Waals surface area contributed by atoms with Gasteiger partial charge in [-0.25, -0.2) is 0 Å². The van der Waals surface area contributed by atoms with Crippen molar-refractivity contribution in [3.8, 4) is 17.1 Å². The van der Waals surface area contributed by atoms with Crippen LogP contribution in [0, 0.1) is 0 Å². The molecule has 1 fully saturated rings. The maximum absolute atomic E-state index is 10.2. The molecular formula is C26H33N5O5. The Morgan fingerprint density at radius 1 is 1.11 bits per heavy atom. The van der Waals surface area contributed by atoms with E-state index in [2.05, 4.69) is 15.2 Å². The Bertz CT molecular complexity index is 1160. The summed E-state index contributed by atoms with van der Waals surface area (Å²) in [6.07, 6.45) is 3.34. The van der Waals surface area contributed by atoms with Gasteiger partial charge in [0.15, 0.2) is 5.76 Å². The van der Waals surface area contributed by atoms with Gasteiger partial charge in [-0.3, -0.25) is 0 Å². The van der Waals surface area contributed by atoms with Crippen LogP contribution < -0.4 is 16.3 Å². The van der Waals surface area contributed by atoms with Crippen LogP contribution in [0.1, 0.15) is 24.8 Å². The smallest absolute Gasteiger partial charge is 0.174 e. The van der Waals surface area contributed by atoms with Crippen molar-refractivity contribution in [1.29, 1.82) is 0 Å². The van der Waals surface area contributed by atoms with Gasteiger partial charge >= 0.3 is 0 Å². The molecule has 0 unspecified atom stereocenters. The van der Waals surface area contributed by atoms with Crippen molar-refractivity contribution in [1.82, 2.24) is 10.1 Å². The van der Waals surface area contributed by atoms with Crippen molar-refractivity contribution in [2.24, 2.45) is 16.7 Å². The van der Waals surface area contributed by atoms with Crippen molar-refractivity contribution < 1.29 is 23.5 Å². The number of aldehydes is 1. The molecule has 3 aromatic rings. The number of amidine groups is 1. The summed E-state index contributed by atoms with van der Waals surface area (Å²) in [4.78, 5) is 12.6. The largest absolute Gasteiger partial charge is 0.490 e. The topological polar surface area (TPSA) is 138 Å². The number of benzene rings is 2. The van der Waals surface area contributed by atoms with E-state index in [1.54, 1.807) is 0 Å². The highest BCUT2D eigenvalue weighted by Crippen LogP contribution is 2.32. The van der Waals surface area contributed by atoms with Gasteiger partial charge in [-0.2, -0.15) is 5.10 Å². The number of nitrogens with two attached hydrogens (primary N) is 2. The van der Waals surface area contributed by atoms with E-state index < -0.39 is 0 Å². The molecule has 0 bridgehead atoms. The Hall–Kier alpha value is -3.47. The first kappa shape index (κ1) is 25.6. The third-order valence-electron chi connectivity index (χ3n) is 6.15. The predicted octanol–water partition coefficient (Wildman–Crippen LogP) is 2.54. The molecule has 0 spiro atoms. The molecule has 0 atom stereocenters. The monoisotopic (exact) mass is 495 g/mol. The fraction of sp³-hybridized carbons (Fsp3) is 0.423. The van der Waals surface area contributed by atoms with Crippen molar-refractivity contribution in [3.05, 3.63) is 48.0 Å². The van der Waals surface area contributed by atoms with E-state index in [0.717, 1.165) is 61.0 Å². The Labute approximate surface area is 210 Å². The summed E-state index contributed by atoms with van der Waals surface area (Å²) in [6, 6.07) is 13.4. The lowest BCUT2D eigenvalue weighted by molar-refractivity contribution is -0.108. The molecular weight excluding hydrogens is 462 g/mol. The lowest BCUT2D eigenvalue weighted by Gasteiger charge is -2.32. The predicted molar refractivity (Wildman–Crippen MR) is 137 cm³/mol. The number of hydrazone groups is 1. The number of piperidine rings is 1. The molecule has 1 aromatic heterocycles. The molecule has 0 radical (unpaired) electrons. The number of fused-ring (bicyclic) bond motifs is 1. The van der Waals surface area contributed by atoms with Crippen LogP contribution in [0.25, 0.3) is 22.2 Å². The minimum atomic E-state index is 0.155. The Balaban J connectivity index is 1.27. The van der Waals surface area contributed by atoms with Gasteiger partial charge in [0.1, 0.15) is 29.5 Å². The van der Waals surface area contributed by atoms with E-state index in [1.807, 2.05) is 42.5 Å². The molecule has 0 saturated carbocycles. The number of hydrogen-bond acceptors (Lipinski definition) is 9. The molecule has 1 aliphatic heterocycles. The summed E-state index contributed by atoms with van der Waals surface area (Å²) in [5, 5.41) is 8.57. The molecule has 10 heteroatoms. The first-order valence-corrected chi connectivity index (χ1v) is 12.2. The SMILES string of the molecule is N/N=C(\N)c1ccc2noc(-c3cccc(OC4CCN(CCOCCOCCC=O)CC4)c3)c2c1. The van der Waals surface area contributed by atoms with Crippen LogP contribution in [0.5, 0.6) is 5.75 Å². The van der Waals surface area contributed by atoms with Crippen LogP contribution in [-0.4, -0.2) is 74.3 Å². The van der Waals surface area contributed by atoms with Gasteiger partial charge in [-0.15, -0.1) is 0 Å². The third kappa shape index (κ3) is 6.81. The standard InChI is InChI=1S/C26H33N5O5/c27-26(29-28)20-5-6-24-23(18-20)25(36-30-24)19-3-1-4-22(17-19)35-21-7-9-31(10-8-21)11-14-34-16-15-33-13-2-12-32/h1,3-6,12,17-18,21H,2,7-11,13-16,28H2,(H2,27,29). The zero-order valence-electron chi connectivity index (χ0n) is 20.3. The van der Waals surface area contributed by atoms with Gasteiger partial charge in [0, 0.05) is 37.2 Å². The third-order valence-corrected chi connectivity index (χ3v) is 6.15. The number of hydrogen-bond donors (Lipinski definition) is 2. The molecule has 0 aliphatic carbocycles. The van der Waals surface area contributed by atoms with Gasteiger partial charge in [0.05, 0.1) is 31.8 Å². The van der Waals surface area contributed by atoms with Gasteiger partial charge < -0.3 is 40.0 Å². The van der Waals surface area contributed by atoms with E-state index in [4.69, 9.17) is 30.3 Å². The second-order valence-electron chi connectivity index (χ2n) is 8.62. The average molecular weight is 496 g/mol. The van der Waals surface area contributed by atoms with Gasteiger partial charge in [0.2, 0.25) is 0 Å². The van der Waals surface area contributed by atoms with E-state index in [9.17, 15) is 4.79 Å².